The Kier molecular flexibility index (Phi) is 4.90. The molecule has 0 aliphatic carbocycles. The second kappa shape index (κ2) is 6.66. The summed E-state index contributed by atoms with van der Waals surface area (Å²) in [5.74, 6) is 1.12. The fraction of sp³-hybridized carbons (Fsp3) is 0.250. The minimum Gasteiger partial charge on any atom is -0.508 e. The molecule has 0 amide bonds. The predicted octanol–water partition coefficient (Wildman–Crippen LogP) is 4.21. The van der Waals surface area contributed by atoms with Gasteiger partial charge in [-0.25, -0.2) is 0 Å². The quantitative estimate of drug-likeness (QED) is 0.860. The van der Waals surface area contributed by atoms with Crippen molar-refractivity contribution in [1.29, 1.82) is 0 Å². The highest BCUT2D eigenvalue weighted by Gasteiger charge is 2.06. The van der Waals surface area contributed by atoms with Crippen LogP contribution in [0.2, 0.25) is 0 Å². The predicted molar refractivity (Wildman–Crippen MR) is 85.6 cm³/mol. The van der Waals surface area contributed by atoms with E-state index in [9.17, 15) is 5.11 Å². The van der Waals surface area contributed by atoms with Crippen molar-refractivity contribution >= 4 is 21.6 Å². The van der Waals surface area contributed by atoms with Crippen LogP contribution in [0.15, 0.2) is 46.9 Å². The molecule has 3 nitrogen and oxygen atoms in total. The maximum Gasteiger partial charge on any atom is 0.122 e. The first kappa shape index (κ1) is 14.7. The van der Waals surface area contributed by atoms with Crippen LogP contribution in [0.3, 0.4) is 0 Å². The number of hydrogen-bond acceptors (Lipinski definition) is 3. The zero-order valence-corrected chi connectivity index (χ0v) is 13.1. The van der Waals surface area contributed by atoms with Gasteiger partial charge < -0.3 is 15.2 Å². The van der Waals surface area contributed by atoms with Crippen molar-refractivity contribution in [3.63, 3.8) is 0 Å². The third-order valence-corrected chi connectivity index (χ3v) is 3.46. The molecule has 2 aromatic rings. The number of anilines is 1. The molecule has 1 atom stereocenters. The Bertz CT molecular complexity index is 569. The van der Waals surface area contributed by atoms with Crippen molar-refractivity contribution in [1.82, 2.24) is 0 Å². The van der Waals surface area contributed by atoms with Crippen molar-refractivity contribution in [3.8, 4) is 11.5 Å². The molecule has 0 heterocycles. The van der Waals surface area contributed by atoms with E-state index in [0.717, 1.165) is 22.3 Å². The lowest BCUT2D eigenvalue weighted by molar-refractivity contribution is 0.414. The highest BCUT2D eigenvalue weighted by atomic mass is 79.9. The van der Waals surface area contributed by atoms with Gasteiger partial charge in [-0.15, -0.1) is 0 Å². The lowest BCUT2D eigenvalue weighted by atomic mass is 10.1. The number of rotatable bonds is 5. The number of ether oxygens (including phenoxy) is 1. The van der Waals surface area contributed by atoms with E-state index in [1.54, 1.807) is 19.2 Å². The zero-order chi connectivity index (χ0) is 14.5. The van der Waals surface area contributed by atoms with Crippen LogP contribution in [0.1, 0.15) is 12.5 Å². The molecule has 106 valence electrons. The van der Waals surface area contributed by atoms with E-state index < -0.39 is 0 Å². The summed E-state index contributed by atoms with van der Waals surface area (Å²) in [6, 6.07) is 13.5. The van der Waals surface area contributed by atoms with Gasteiger partial charge >= 0.3 is 0 Å². The SMILES string of the molecule is COc1cc(Br)cc(NC(C)Cc2ccc(O)cc2)c1. The van der Waals surface area contributed by atoms with Gasteiger partial charge in [-0.3, -0.25) is 0 Å². The summed E-state index contributed by atoms with van der Waals surface area (Å²) in [6.07, 6.45) is 0.884. The first-order valence-corrected chi connectivity index (χ1v) is 7.25. The smallest absolute Gasteiger partial charge is 0.122 e. The maximum atomic E-state index is 9.28. The van der Waals surface area contributed by atoms with Gasteiger partial charge in [0.2, 0.25) is 0 Å². The van der Waals surface area contributed by atoms with Crippen molar-refractivity contribution < 1.29 is 9.84 Å². The zero-order valence-electron chi connectivity index (χ0n) is 11.6. The van der Waals surface area contributed by atoms with Gasteiger partial charge in [0, 0.05) is 22.3 Å². The largest absolute Gasteiger partial charge is 0.508 e. The van der Waals surface area contributed by atoms with E-state index in [-0.39, 0.29) is 6.04 Å². The summed E-state index contributed by atoms with van der Waals surface area (Å²) in [6.45, 7) is 2.13. The number of phenolic OH excluding ortho intramolecular Hbond substituents is 1. The van der Waals surface area contributed by atoms with Crippen molar-refractivity contribution in [2.45, 2.75) is 19.4 Å². The highest BCUT2D eigenvalue weighted by molar-refractivity contribution is 9.10. The molecule has 2 rings (SSSR count). The van der Waals surface area contributed by atoms with Gasteiger partial charge in [-0.05, 0) is 43.2 Å². The molecular formula is C16H18BrNO2. The molecule has 0 saturated heterocycles. The fourth-order valence-electron chi connectivity index (χ4n) is 2.09. The van der Waals surface area contributed by atoms with Crippen LogP contribution in [0.5, 0.6) is 11.5 Å². The molecule has 1 unspecified atom stereocenters. The summed E-state index contributed by atoms with van der Waals surface area (Å²) in [7, 11) is 1.66. The standard InChI is InChI=1S/C16H18BrNO2/c1-11(7-12-3-5-15(19)6-4-12)18-14-8-13(17)9-16(10-14)20-2/h3-6,8-11,18-19H,7H2,1-2H3. The molecule has 0 saturated carbocycles. The second-order valence-electron chi connectivity index (χ2n) is 4.80. The number of benzene rings is 2. The molecule has 4 heteroatoms. The average molecular weight is 336 g/mol. The van der Waals surface area contributed by atoms with E-state index in [4.69, 9.17) is 4.74 Å². The molecule has 2 aromatic carbocycles. The van der Waals surface area contributed by atoms with E-state index in [2.05, 4.69) is 28.2 Å². The molecule has 0 radical (unpaired) electrons. The topological polar surface area (TPSA) is 41.5 Å². The lowest BCUT2D eigenvalue weighted by Crippen LogP contribution is -2.18. The minimum absolute atomic E-state index is 0.276. The van der Waals surface area contributed by atoms with Crippen LogP contribution in [0.25, 0.3) is 0 Å². The number of phenols is 1. The Morgan fingerprint density at radius 3 is 2.55 bits per heavy atom. The van der Waals surface area contributed by atoms with Gasteiger partial charge in [0.05, 0.1) is 7.11 Å². The maximum absolute atomic E-state index is 9.28. The van der Waals surface area contributed by atoms with E-state index in [1.807, 2.05) is 30.3 Å². The number of aromatic hydroxyl groups is 1. The Labute approximate surface area is 127 Å². The number of halogens is 1. The summed E-state index contributed by atoms with van der Waals surface area (Å²) in [4.78, 5) is 0. The van der Waals surface area contributed by atoms with Crippen LogP contribution < -0.4 is 10.1 Å². The Morgan fingerprint density at radius 1 is 1.20 bits per heavy atom. The molecule has 0 fully saturated rings. The van der Waals surface area contributed by atoms with Crippen molar-refractivity contribution in [2.75, 3.05) is 12.4 Å². The van der Waals surface area contributed by atoms with E-state index >= 15 is 0 Å². The second-order valence-corrected chi connectivity index (χ2v) is 5.71. The van der Waals surface area contributed by atoms with E-state index in [0.29, 0.717) is 5.75 Å². The number of methoxy groups -OCH3 is 1. The highest BCUT2D eigenvalue weighted by Crippen LogP contribution is 2.25. The summed E-state index contributed by atoms with van der Waals surface area (Å²) < 4.78 is 6.23. The Balaban J connectivity index is 2.02. The van der Waals surface area contributed by atoms with Gasteiger partial charge in [0.1, 0.15) is 11.5 Å². The monoisotopic (exact) mass is 335 g/mol. The van der Waals surface area contributed by atoms with Crippen LogP contribution in [0.4, 0.5) is 5.69 Å². The average Bonchev–Trinajstić information content (AvgIpc) is 2.40. The van der Waals surface area contributed by atoms with Gasteiger partial charge in [0.15, 0.2) is 0 Å². The molecule has 0 aromatic heterocycles. The normalized spacial score (nSPS) is 11.9. The third kappa shape index (κ3) is 4.17. The summed E-state index contributed by atoms with van der Waals surface area (Å²) in [5.41, 5.74) is 2.20. The van der Waals surface area contributed by atoms with Crippen LogP contribution >= 0.6 is 15.9 Å². The molecule has 0 aliphatic rings. The minimum atomic E-state index is 0.276. The number of hydrogen-bond donors (Lipinski definition) is 2. The van der Waals surface area contributed by atoms with E-state index in [1.165, 1.54) is 5.56 Å². The van der Waals surface area contributed by atoms with Crippen LogP contribution in [-0.4, -0.2) is 18.3 Å². The molecule has 0 spiro atoms. The lowest BCUT2D eigenvalue weighted by Gasteiger charge is -2.16. The van der Waals surface area contributed by atoms with Gasteiger partial charge in [0.25, 0.3) is 0 Å². The first-order chi connectivity index (χ1) is 9.56. The Morgan fingerprint density at radius 2 is 1.90 bits per heavy atom. The fourth-order valence-corrected chi connectivity index (χ4v) is 2.56. The number of nitrogens with one attached hydrogen (secondary N) is 1. The summed E-state index contributed by atoms with van der Waals surface area (Å²) in [5, 5.41) is 12.7. The molecular weight excluding hydrogens is 318 g/mol. The van der Waals surface area contributed by atoms with Crippen LogP contribution in [-0.2, 0) is 6.42 Å². The van der Waals surface area contributed by atoms with Gasteiger partial charge in [-0.2, -0.15) is 0 Å². The third-order valence-electron chi connectivity index (χ3n) is 3.00. The molecule has 20 heavy (non-hydrogen) atoms. The molecule has 2 N–H and O–H groups in total. The summed E-state index contributed by atoms with van der Waals surface area (Å²) >= 11 is 3.47. The van der Waals surface area contributed by atoms with Crippen LogP contribution in [0, 0.1) is 0 Å². The molecule has 0 bridgehead atoms. The molecule has 0 aliphatic heterocycles. The van der Waals surface area contributed by atoms with Crippen molar-refractivity contribution in [2.24, 2.45) is 0 Å². The first-order valence-electron chi connectivity index (χ1n) is 6.46. The Hall–Kier alpha value is -1.68. The van der Waals surface area contributed by atoms with Crippen molar-refractivity contribution in [3.05, 3.63) is 52.5 Å². The van der Waals surface area contributed by atoms with Gasteiger partial charge in [-0.1, -0.05) is 28.1 Å².